The summed E-state index contributed by atoms with van der Waals surface area (Å²) in [5, 5.41) is 4.55. The molecular formula is C14H24N4O. The van der Waals surface area contributed by atoms with Gasteiger partial charge in [0.1, 0.15) is 5.82 Å². The molecular weight excluding hydrogens is 240 g/mol. The van der Waals surface area contributed by atoms with Crippen molar-refractivity contribution in [1.29, 1.82) is 0 Å². The van der Waals surface area contributed by atoms with E-state index in [0.29, 0.717) is 11.8 Å². The quantitative estimate of drug-likeness (QED) is 0.809. The summed E-state index contributed by atoms with van der Waals surface area (Å²) in [7, 11) is 3.81. The number of rotatable bonds is 5. The summed E-state index contributed by atoms with van der Waals surface area (Å²) in [6, 6.07) is 0. The summed E-state index contributed by atoms with van der Waals surface area (Å²) in [5.74, 6) is 3.49. The van der Waals surface area contributed by atoms with Crippen LogP contribution in [0.25, 0.3) is 0 Å². The molecule has 0 bridgehead atoms. The van der Waals surface area contributed by atoms with E-state index < -0.39 is 0 Å². The predicted octanol–water partition coefficient (Wildman–Crippen LogP) is 1.55. The molecule has 1 saturated heterocycles. The molecule has 0 spiro atoms. The maximum atomic E-state index is 5.29. The Morgan fingerprint density at radius 3 is 2.89 bits per heavy atom. The zero-order valence-electron chi connectivity index (χ0n) is 12.0. The van der Waals surface area contributed by atoms with Crippen LogP contribution in [0.4, 0.5) is 0 Å². The Hall–Kier alpha value is -0.940. The van der Waals surface area contributed by atoms with Gasteiger partial charge in [-0.15, -0.1) is 0 Å². The fraction of sp³-hybridized carbons (Fsp3) is 0.857. The molecule has 1 aromatic heterocycles. The molecule has 1 aliphatic carbocycles. The first-order chi connectivity index (χ1) is 9.26. The standard InChI is InChI=1S/C14H24N4O/c1-17-13(15-14(16-17)12-5-6-12)9-18-7-3-4-11(8-18)10-19-2/h11-12H,3-10H2,1-2H3. The molecule has 5 heteroatoms. The minimum absolute atomic E-state index is 0.641. The van der Waals surface area contributed by atoms with Crippen molar-refractivity contribution in [3.8, 4) is 0 Å². The molecule has 19 heavy (non-hydrogen) atoms. The van der Waals surface area contributed by atoms with Gasteiger partial charge in [-0.1, -0.05) is 0 Å². The first-order valence-corrected chi connectivity index (χ1v) is 7.37. The summed E-state index contributed by atoms with van der Waals surface area (Å²) in [6.45, 7) is 4.10. The lowest BCUT2D eigenvalue weighted by molar-refractivity contribution is 0.0856. The van der Waals surface area contributed by atoms with Crippen molar-refractivity contribution < 1.29 is 4.74 Å². The highest BCUT2D eigenvalue weighted by molar-refractivity contribution is 5.06. The van der Waals surface area contributed by atoms with E-state index >= 15 is 0 Å². The summed E-state index contributed by atoms with van der Waals surface area (Å²) in [4.78, 5) is 7.21. The average molecular weight is 264 g/mol. The van der Waals surface area contributed by atoms with E-state index in [-0.39, 0.29) is 0 Å². The number of hydrogen-bond donors (Lipinski definition) is 0. The minimum atomic E-state index is 0.641. The minimum Gasteiger partial charge on any atom is -0.384 e. The Bertz CT molecular complexity index is 425. The molecule has 5 nitrogen and oxygen atoms in total. The van der Waals surface area contributed by atoms with E-state index in [1.807, 2.05) is 11.7 Å². The van der Waals surface area contributed by atoms with Gasteiger partial charge in [-0.05, 0) is 38.1 Å². The van der Waals surface area contributed by atoms with Crippen LogP contribution in [0.3, 0.4) is 0 Å². The number of nitrogens with zero attached hydrogens (tertiary/aromatic N) is 4. The van der Waals surface area contributed by atoms with Crippen molar-refractivity contribution in [3.05, 3.63) is 11.6 Å². The molecule has 1 aliphatic heterocycles. The van der Waals surface area contributed by atoms with Crippen LogP contribution in [0.1, 0.15) is 43.3 Å². The van der Waals surface area contributed by atoms with E-state index in [2.05, 4.69) is 10.00 Å². The van der Waals surface area contributed by atoms with Crippen LogP contribution >= 0.6 is 0 Å². The second-order valence-corrected chi connectivity index (χ2v) is 5.98. The van der Waals surface area contributed by atoms with E-state index in [4.69, 9.17) is 9.72 Å². The highest BCUT2D eigenvalue weighted by atomic mass is 16.5. The Kier molecular flexibility index (Phi) is 3.84. The lowest BCUT2D eigenvalue weighted by atomic mass is 9.99. The molecule has 106 valence electrons. The third-order valence-electron chi connectivity index (χ3n) is 4.18. The van der Waals surface area contributed by atoms with Gasteiger partial charge >= 0.3 is 0 Å². The van der Waals surface area contributed by atoms with Gasteiger partial charge in [-0.25, -0.2) is 4.98 Å². The first-order valence-electron chi connectivity index (χ1n) is 7.37. The van der Waals surface area contributed by atoms with Gasteiger partial charge in [0, 0.05) is 26.6 Å². The van der Waals surface area contributed by atoms with Gasteiger partial charge in [0.15, 0.2) is 5.82 Å². The molecule has 2 fully saturated rings. The number of aryl methyl sites for hydroxylation is 1. The zero-order chi connectivity index (χ0) is 13.2. The summed E-state index contributed by atoms with van der Waals surface area (Å²) >= 11 is 0. The van der Waals surface area contributed by atoms with Crippen LogP contribution in [0, 0.1) is 5.92 Å². The van der Waals surface area contributed by atoms with Gasteiger partial charge in [-0.2, -0.15) is 5.10 Å². The lowest BCUT2D eigenvalue weighted by Crippen LogP contribution is -2.37. The van der Waals surface area contributed by atoms with Crippen LogP contribution in [-0.2, 0) is 18.3 Å². The molecule has 0 radical (unpaired) electrons. The smallest absolute Gasteiger partial charge is 0.154 e. The van der Waals surface area contributed by atoms with Crippen molar-refractivity contribution in [2.24, 2.45) is 13.0 Å². The third kappa shape index (κ3) is 3.15. The monoisotopic (exact) mass is 264 g/mol. The zero-order valence-corrected chi connectivity index (χ0v) is 12.0. The third-order valence-corrected chi connectivity index (χ3v) is 4.18. The predicted molar refractivity (Wildman–Crippen MR) is 72.9 cm³/mol. The van der Waals surface area contributed by atoms with E-state index in [9.17, 15) is 0 Å². The summed E-state index contributed by atoms with van der Waals surface area (Å²) < 4.78 is 7.25. The maximum absolute atomic E-state index is 5.29. The van der Waals surface area contributed by atoms with Crippen LogP contribution in [0.15, 0.2) is 0 Å². The fourth-order valence-corrected chi connectivity index (χ4v) is 2.96. The molecule has 1 aromatic rings. The molecule has 1 atom stereocenters. The average Bonchev–Trinajstić information content (AvgIpc) is 3.17. The number of hydrogen-bond acceptors (Lipinski definition) is 4. The van der Waals surface area contributed by atoms with Crippen molar-refractivity contribution in [2.45, 2.75) is 38.1 Å². The van der Waals surface area contributed by atoms with Gasteiger partial charge in [-0.3, -0.25) is 9.58 Å². The van der Waals surface area contributed by atoms with E-state index in [1.54, 1.807) is 7.11 Å². The van der Waals surface area contributed by atoms with Crippen molar-refractivity contribution in [1.82, 2.24) is 19.7 Å². The second kappa shape index (κ2) is 5.59. The fourth-order valence-electron chi connectivity index (χ4n) is 2.96. The van der Waals surface area contributed by atoms with Crippen LogP contribution in [0.5, 0.6) is 0 Å². The van der Waals surface area contributed by atoms with Gasteiger partial charge in [0.05, 0.1) is 13.2 Å². The second-order valence-electron chi connectivity index (χ2n) is 5.98. The van der Waals surface area contributed by atoms with Crippen molar-refractivity contribution in [3.63, 3.8) is 0 Å². The number of piperidine rings is 1. The largest absolute Gasteiger partial charge is 0.384 e. The molecule has 1 saturated carbocycles. The Morgan fingerprint density at radius 1 is 1.32 bits per heavy atom. The van der Waals surface area contributed by atoms with Crippen LogP contribution in [0.2, 0.25) is 0 Å². The summed E-state index contributed by atoms with van der Waals surface area (Å²) in [5.41, 5.74) is 0. The number of likely N-dealkylation sites (tertiary alicyclic amines) is 1. The molecule has 2 heterocycles. The highest BCUT2D eigenvalue weighted by Crippen LogP contribution is 2.38. The van der Waals surface area contributed by atoms with E-state index in [0.717, 1.165) is 31.3 Å². The molecule has 2 aliphatic rings. The Balaban J connectivity index is 1.60. The SMILES string of the molecule is COCC1CCCN(Cc2nc(C3CC3)nn2C)C1. The lowest BCUT2D eigenvalue weighted by Gasteiger charge is -2.31. The maximum Gasteiger partial charge on any atom is 0.154 e. The number of ether oxygens (including phenoxy) is 1. The first kappa shape index (κ1) is 13.1. The normalized spacial score (nSPS) is 24.8. The molecule has 1 unspecified atom stereocenters. The Labute approximate surface area is 114 Å². The molecule has 0 aromatic carbocycles. The molecule has 0 amide bonds. The topological polar surface area (TPSA) is 43.2 Å². The number of aromatic nitrogens is 3. The number of methoxy groups -OCH3 is 1. The van der Waals surface area contributed by atoms with Gasteiger partial charge in [0.2, 0.25) is 0 Å². The van der Waals surface area contributed by atoms with E-state index in [1.165, 1.54) is 32.2 Å². The molecule has 3 rings (SSSR count). The van der Waals surface area contributed by atoms with Crippen molar-refractivity contribution in [2.75, 3.05) is 26.8 Å². The van der Waals surface area contributed by atoms with Gasteiger partial charge < -0.3 is 4.74 Å². The molecule has 0 N–H and O–H groups in total. The highest BCUT2D eigenvalue weighted by Gasteiger charge is 2.29. The van der Waals surface area contributed by atoms with Crippen LogP contribution < -0.4 is 0 Å². The van der Waals surface area contributed by atoms with Crippen molar-refractivity contribution >= 4 is 0 Å². The summed E-state index contributed by atoms with van der Waals surface area (Å²) in [6.07, 6.45) is 5.09. The van der Waals surface area contributed by atoms with Crippen LogP contribution in [-0.4, -0.2) is 46.5 Å². The Morgan fingerprint density at radius 2 is 2.16 bits per heavy atom. The van der Waals surface area contributed by atoms with Gasteiger partial charge in [0.25, 0.3) is 0 Å².